The van der Waals surface area contributed by atoms with Gasteiger partial charge in [-0.05, 0) is 62.1 Å². The summed E-state index contributed by atoms with van der Waals surface area (Å²) in [4.78, 5) is 13.7. The number of amides is 1. The van der Waals surface area contributed by atoms with Crippen molar-refractivity contribution in [1.82, 2.24) is 20.0 Å². The second kappa shape index (κ2) is 9.43. The monoisotopic (exact) mass is 420 g/mol. The molecule has 1 aliphatic heterocycles. The van der Waals surface area contributed by atoms with Crippen molar-refractivity contribution in [1.29, 1.82) is 0 Å². The van der Waals surface area contributed by atoms with Crippen LogP contribution in [0.15, 0.2) is 54.7 Å². The second-order valence-electron chi connectivity index (χ2n) is 8.48. The van der Waals surface area contributed by atoms with E-state index in [1.165, 1.54) is 11.6 Å². The van der Waals surface area contributed by atoms with E-state index in [9.17, 15) is 9.18 Å². The molecule has 162 valence electrons. The summed E-state index contributed by atoms with van der Waals surface area (Å²) in [6.07, 6.45) is 4.29. The highest BCUT2D eigenvalue weighted by atomic mass is 19.1. The Morgan fingerprint density at radius 3 is 2.84 bits per heavy atom. The Hall–Kier alpha value is -2.99. The quantitative estimate of drug-likeness (QED) is 0.646. The molecule has 0 spiro atoms. The van der Waals surface area contributed by atoms with Crippen LogP contribution in [0, 0.1) is 18.7 Å². The Labute approximate surface area is 182 Å². The van der Waals surface area contributed by atoms with Gasteiger partial charge >= 0.3 is 0 Å². The number of benzene rings is 2. The van der Waals surface area contributed by atoms with Gasteiger partial charge in [0.2, 0.25) is 5.91 Å². The predicted molar refractivity (Wildman–Crippen MR) is 120 cm³/mol. The average molecular weight is 421 g/mol. The lowest BCUT2D eigenvalue weighted by Crippen LogP contribution is -2.40. The molecule has 31 heavy (non-hydrogen) atoms. The van der Waals surface area contributed by atoms with Gasteiger partial charge in [0.25, 0.3) is 0 Å². The van der Waals surface area contributed by atoms with Gasteiger partial charge in [-0.3, -0.25) is 9.69 Å². The highest BCUT2D eigenvalue weighted by Crippen LogP contribution is 2.27. The van der Waals surface area contributed by atoms with E-state index in [2.05, 4.69) is 35.5 Å². The Morgan fingerprint density at radius 1 is 1.23 bits per heavy atom. The number of carbonyl (C=O) groups excluding carboxylic acids is 1. The van der Waals surface area contributed by atoms with Crippen molar-refractivity contribution >= 4 is 5.91 Å². The molecule has 4 rings (SSSR count). The molecule has 0 radical (unpaired) electrons. The Morgan fingerprint density at radius 2 is 2.06 bits per heavy atom. The molecule has 5 nitrogen and oxygen atoms in total. The third-order valence-electron chi connectivity index (χ3n) is 5.79. The van der Waals surface area contributed by atoms with Crippen LogP contribution in [0.2, 0.25) is 0 Å². The van der Waals surface area contributed by atoms with Gasteiger partial charge in [-0.1, -0.05) is 24.3 Å². The van der Waals surface area contributed by atoms with Crippen molar-refractivity contribution in [3.63, 3.8) is 0 Å². The van der Waals surface area contributed by atoms with Crippen molar-refractivity contribution in [2.45, 2.75) is 33.2 Å². The van der Waals surface area contributed by atoms with Crippen molar-refractivity contribution < 1.29 is 9.18 Å². The molecule has 0 bridgehead atoms. The number of carbonyl (C=O) groups is 1. The topological polar surface area (TPSA) is 50.2 Å². The lowest BCUT2D eigenvalue weighted by Gasteiger charge is -2.32. The number of nitrogens with zero attached hydrogens (tertiary/aromatic N) is 3. The molecule has 6 heteroatoms. The molecule has 1 aromatic heterocycles. The van der Waals surface area contributed by atoms with Gasteiger partial charge in [0, 0.05) is 43.9 Å². The van der Waals surface area contributed by atoms with Gasteiger partial charge in [-0.15, -0.1) is 0 Å². The summed E-state index contributed by atoms with van der Waals surface area (Å²) in [6, 6.07) is 14.8. The normalized spacial score (nSPS) is 16.9. The van der Waals surface area contributed by atoms with Crippen LogP contribution in [0.4, 0.5) is 4.39 Å². The van der Waals surface area contributed by atoms with Crippen molar-refractivity contribution in [3.8, 4) is 16.9 Å². The standard InChI is InChI=1S/C25H29FN4O/c1-18-6-3-10-24(12-18)30-17-22(25(28-30)21-8-4-9-23(26)13-21)16-29-11-5-7-20(15-29)14-27-19(2)31/h3-4,6,8-10,12-13,17,20H,5,7,11,14-16H2,1-2H3,(H,27,31)/t20-/m1/s1. The zero-order chi connectivity index (χ0) is 21.8. The van der Waals surface area contributed by atoms with E-state index >= 15 is 0 Å². The minimum absolute atomic E-state index is 0.0185. The van der Waals surface area contributed by atoms with Crippen LogP contribution >= 0.6 is 0 Å². The maximum absolute atomic E-state index is 13.9. The number of aryl methyl sites for hydroxylation is 1. The van der Waals surface area contributed by atoms with Crippen molar-refractivity contribution in [2.24, 2.45) is 5.92 Å². The molecule has 1 saturated heterocycles. The molecular formula is C25H29FN4O. The minimum Gasteiger partial charge on any atom is -0.356 e. The zero-order valence-electron chi connectivity index (χ0n) is 18.1. The Kier molecular flexibility index (Phi) is 6.47. The molecule has 3 aromatic rings. The maximum Gasteiger partial charge on any atom is 0.216 e. The van der Waals surface area contributed by atoms with Crippen molar-refractivity contribution in [3.05, 3.63) is 71.7 Å². The molecule has 1 atom stereocenters. The van der Waals surface area contributed by atoms with Crippen LogP contribution in [0.1, 0.15) is 30.9 Å². The molecule has 0 unspecified atom stereocenters. The number of piperidine rings is 1. The summed E-state index contributed by atoms with van der Waals surface area (Å²) in [5.74, 6) is 0.203. The van der Waals surface area contributed by atoms with Gasteiger partial charge in [0.15, 0.2) is 0 Å². The average Bonchev–Trinajstić information content (AvgIpc) is 3.16. The molecule has 2 aromatic carbocycles. The molecule has 2 heterocycles. The first-order chi connectivity index (χ1) is 15.0. The fourth-order valence-electron chi connectivity index (χ4n) is 4.30. The number of hydrogen-bond donors (Lipinski definition) is 1. The van der Waals surface area contributed by atoms with Gasteiger partial charge in [0.05, 0.1) is 11.4 Å². The van der Waals surface area contributed by atoms with E-state index in [4.69, 9.17) is 5.10 Å². The van der Waals surface area contributed by atoms with Gasteiger partial charge in [0.1, 0.15) is 5.82 Å². The molecule has 0 aliphatic carbocycles. The van der Waals surface area contributed by atoms with Crippen LogP contribution in [0.25, 0.3) is 16.9 Å². The van der Waals surface area contributed by atoms with Crippen LogP contribution < -0.4 is 5.32 Å². The predicted octanol–water partition coefficient (Wildman–Crippen LogP) is 4.33. The second-order valence-corrected chi connectivity index (χ2v) is 8.48. The highest BCUT2D eigenvalue weighted by molar-refractivity contribution is 5.72. The van der Waals surface area contributed by atoms with Gasteiger partial charge in [-0.2, -0.15) is 5.10 Å². The third-order valence-corrected chi connectivity index (χ3v) is 5.79. The summed E-state index contributed by atoms with van der Waals surface area (Å²) >= 11 is 0. The van der Waals surface area contributed by atoms with E-state index in [-0.39, 0.29) is 11.7 Å². The fraction of sp³-hybridized carbons (Fsp3) is 0.360. The molecule has 1 N–H and O–H groups in total. The Bertz CT molecular complexity index is 1060. The highest BCUT2D eigenvalue weighted by Gasteiger charge is 2.22. The molecule has 1 amide bonds. The van der Waals surface area contributed by atoms with E-state index < -0.39 is 0 Å². The third kappa shape index (κ3) is 5.39. The molecule has 1 fully saturated rings. The lowest BCUT2D eigenvalue weighted by atomic mass is 9.97. The Balaban J connectivity index is 1.61. The number of halogens is 1. The van der Waals surface area contributed by atoms with E-state index in [1.54, 1.807) is 19.1 Å². The summed E-state index contributed by atoms with van der Waals surface area (Å²) in [5, 5.41) is 7.79. The van der Waals surface area contributed by atoms with Crippen LogP contribution in [0.5, 0.6) is 0 Å². The fourth-order valence-corrected chi connectivity index (χ4v) is 4.30. The number of aromatic nitrogens is 2. The van der Waals surface area contributed by atoms with Crippen molar-refractivity contribution in [2.75, 3.05) is 19.6 Å². The first-order valence-corrected chi connectivity index (χ1v) is 10.9. The van der Waals surface area contributed by atoms with E-state index in [0.717, 1.165) is 55.0 Å². The summed E-state index contributed by atoms with van der Waals surface area (Å²) in [6.45, 7) is 7.02. The number of nitrogens with one attached hydrogen (secondary N) is 1. The zero-order valence-corrected chi connectivity index (χ0v) is 18.1. The van der Waals surface area contributed by atoms with Gasteiger partial charge in [-0.25, -0.2) is 9.07 Å². The largest absolute Gasteiger partial charge is 0.356 e. The lowest BCUT2D eigenvalue weighted by molar-refractivity contribution is -0.119. The van der Waals surface area contributed by atoms with Crippen LogP contribution in [-0.4, -0.2) is 40.2 Å². The number of likely N-dealkylation sites (tertiary alicyclic amines) is 1. The number of hydrogen-bond acceptors (Lipinski definition) is 3. The molecule has 0 saturated carbocycles. The first kappa shape index (κ1) is 21.2. The molecule has 1 aliphatic rings. The van der Waals surface area contributed by atoms with E-state index in [0.29, 0.717) is 12.5 Å². The summed E-state index contributed by atoms with van der Waals surface area (Å²) < 4.78 is 15.8. The SMILES string of the molecule is CC(=O)NC[C@H]1CCCN(Cc2cn(-c3cccc(C)c3)nc2-c2cccc(F)c2)C1. The summed E-state index contributed by atoms with van der Waals surface area (Å²) in [7, 11) is 0. The maximum atomic E-state index is 13.9. The number of rotatable bonds is 6. The first-order valence-electron chi connectivity index (χ1n) is 10.9. The van der Waals surface area contributed by atoms with E-state index in [1.807, 2.05) is 22.9 Å². The van der Waals surface area contributed by atoms with Crippen LogP contribution in [-0.2, 0) is 11.3 Å². The van der Waals surface area contributed by atoms with Crippen LogP contribution in [0.3, 0.4) is 0 Å². The van der Waals surface area contributed by atoms with Gasteiger partial charge < -0.3 is 5.32 Å². The smallest absolute Gasteiger partial charge is 0.216 e. The molecular weight excluding hydrogens is 391 g/mol. The summed E-state index contributed by atoms with van der Waals surface area (Å²) in [5.41, 5.74) is 4.83. The minimum atomic E-state index is -0.262.